The first-order valence-corrected chi connectivity index (χ1v) is 8.67. The van der Waals surface area contributed by atoms with Crippen molar-refractivity contribution in [2.24, 2.45) is 0 Å². The number of carbonyl (C=O) groups is 2. The van der Waals surface area contributed by atoms with Crippen molar-refractivity contribution in [3.63, 3.8) is 0 Å². The van der Waals surface area contributed by atoms with Gasteiger partial charge in [0.05, 0.1) is 18.3 Å². The maximum Gasteiger partial charge on any atom is 0.251 e. The number of ether oxygens (including phenoxy) is 1. The van der Waals surface area contributed by atoms with E-state index >= 15 is 0 Å². The van der Waals surface area contributed by atoms with Gasteiger partial charge in [-0.25, -0.2) is 0 Å². The molecule has 0 saturated carbocycles. The third-order valence-electron chi connectivity index (χ3n) is 3.44. The van der Waals surface area contributed by atoms with E-state index in [-0.39, 0.29) is 24.5 Å². The quantitative estimate of drug-likeness (QED) is 0.679. The fourth-order valence-electron chi connectivity index (χ4n) is 2.34. The fourth-order valence-corrected chi connectivity index (χ4v) is 2.34. The second kappa shape index (κ2) is 9.46. The molecule has 0 bridgehead atoms. The Hall–Kier alpha value is -3.02. The third-order valence-corrected chi connectivity index (χ3v) is 3.44. The minimum atomic E-state index is -0.201. The number of anilines is 2. The highest BCUT2D eigenvalue weighted by molar-refractivity contribution is 5.96. The number of amides is 2. The Morgan fingerprint density at radius 1 is 1.08 bits per heavy atom. The second-order valence-corrected chi connectivity index (χ2v) is 6.00. The van der Waals surface area contributed by atoms with E-state index in [2.05, 4.69) is 16.0 Å². The summed E-state index contributed by atoms with van der Waals surface area (Å²) in [6.07, 6.45) is 0.0168. The summed E-state index contributed by atoms with van der Waals surface area (Å²) in [5.41, 5.74) is 1.88. The molecular weight excluding hydrogens is 330 g/mol. The maximum absolute atomic E-state index is 12.2. The summed E-state index contributed by atoms with van der Waals surface area (Å²) in [6, 6.07) is 14.3. The van der Waals surface area contributed by atoms with Crippen molar-refractivity contribution in [1.82, 2.24) is 5.32 Å². The summed E-state index contributed by atoms with van der Waals surface area (Å²) in [5, 5.41) is 8.62. The smallest absolute Gasteiger partial charge is 0.251 e. The van der Waals surface area contributed by atoms with Crippen LogP contribution in [-0.4, -0.2) is 31.0 Å². The number of para-hydroxylation sites is 2. The maximum atomic E-state index is 12.2. The number of benzene rings is 2. The summed E-state index contributed by atoms with van der Waals surface area (Å²) in [4.78, 5) is 24.1. The molecule has 6 nitrogen and oxygen atoms in total. The molecule has 0 spiro atoms. The van der Waals surface area contributed by atoms with Crippen LogP contribution >= 0.6 is 0 Å². The molecule has 26 heavy (non-hydrogen) atoms. The summed E-state index contributed by atoms with van der Waals surface area (Å²) in [6.45, 7) is 6.38. The van der Waals surface area contributed by atoms with Crippen LogP contribution in [0.25, 0.3) is 0 Å². The molecule has 0 aliphatic carbocycles. The number of hydrogen-bond donors (Lipinski definition) is 3. The van der Waals surface area contributed by atoms with Crippen LogP contribution in [0.4, 0.5) is 11.4 Å². The van der Waals surface area contributed by atoms with E-state index in [0.29, 0.717) is 29.2 Å². The van der Waals surface area contributed by atoms with E-state index < -0.39 is 0 Å². The lowest BCUT2D eigenvalue weighted by molar-refractivity contribution is -0.114. The average molecular weight is 355 g/mol. The van der Waals surface area contributed by atoms with Crippen LogP contribution < -0.4 is 20.7 Å². The van der Waals surface area contributed by atoms with E-state index in [1.807, 2.05) is 45.0 Å². The molecular formula is C20H25N3O3. The number of carbonyl (C=O) groups excluding carboxylic acids is 2. The molecule has 0 unspecified atom stereocenters. The van der Waals surface area contributed by atoms with Crippen LogP contribution in [0.1, 0.15) is 31.1 Å². The van der Waals surface area contributed by atoms with Gasteiger partial charge in [-0.3, -0.25) is 9.59 Å². The molecule has 2 aromatic carbocycles. The summed E-state index contributed by atoms with van der Waals surface area (Å²) in [5.74, 6) is 0.294. The molecule has 0 heterocycles. The molecule has 2 rings (SSSR count). The third kappa shape index (κ3) is 5.81. The van der Waals surface area contributed by atoms with Crippen LogP contribution in [0.2, 0.25) is 0 Å². The van der Waals surface area contributed by atoms with E-state index in [0.717, 1.165) is 0 Å². The lowest BCUT2D eigenvalue weighted by Gasteiger charge is -2.15. The molecule has 0 aliphatic heterocycles. The van der Waals surface area contributed by atoms with Crippen LogP contribution in [0.5, 0.6) is 5.75 Å². The Morgan fingerprint density at radius 2 is 1.85 bits per heavy atom. The number of rotatable bonds is 8. The zero-order valence-electron chi connectivity index (χ0n) is 15.3. The first-order valence-electron chi connectivity index (χ1n) is 8.67. The van der Waals surface area contributed by atoms with Crippen molar-refractivity contribution >= 4 is 23.2 Å². The van der Waals surface area contributed by atoms with Gasteiger partial charge in [0.2, 0.25) is 5.91 Å². The van der Waals surface area contributed by atoms with Gasteiger partial charge in [-0.15, -0.1) is 0 Å². The van der Waals surface area contributed by atoms with Gasteiger partial charge >= 0.3 is 0 Å². The van der Waals surface area contributed by atoms with Crippen molar-refractivity contribution in [3.05, 3.63) is 54.1 Å². The Balaban J connectivity index is 1.95. The van der Waals surface area contributed by atoms with E-state index in [1.165, 1.54) is 0 Å². The van der Waals surface area contributed by atoms with Crippen molar-refractivity contribution in [3.8, 4) is 5.75 Å². The molecule has 6 heteroatoms. The minimum Gasteiger partial charge on any atom is -0.489 e. The van der Waals surface area contributed by atoms with Gasteiger partial charge in [-0.1, -0.05) is 18.2 Å². The van der Waals surface area contributed by atoms with Crippen LogP contribution in [0.3, 0.4) is 0 Å². The SMILES string of the molecule is CCNC(=O)c1cccc(NCC(=O)Nc2ccccc2OC(C)C)c1. The molecule has 2 aromatic rings. The molecule has 0 atom stereocenters. The van der Waals surface area contributed by atoms with E-state index in [9.17, 15) is 9.59 Å². The number of nitrogens with one attached hydrogen (secondary N) is 3. The lowest BCUT2D eigenvalue weighted by atomic mass is 10.2. The molecule has 2 amide bonds. The molecule has 138 valence electrons. The number of hydrogen-bond acceptors (Lipinski definition) is 4. The van der Waals surface area contributed by atoms with Gasteiger partial charge in [0.25, 0.3) is 5.91 Å². The summed E-state index contributed by atoms with van der Waals surface area (Å²) >= 11 is 0. The minimum absolute atomic E-state index is 0.0168. The Kier molecular flexibility index (Phi) is 7.02. The Labute approximate surface area is 153 Å². The van der Waals surface area contributed by atoms with Crippen molar-refractivity contribution in [2.75, 3.05) is 23.7 Å². The molecule has 3 N–H and O–H groups in total. The van der Waals surface area contributed by atoms with Gasteiger partial charge in [0.1, 0.15) is 5.75 Å². The standard InChI is InChI=1S/C20H25N3O3/c1-4-21-20(25)15-8-7-9-16(12-15)22-13-19(24)23-17-10-5-6-11-18(17)26-14(2)3/h5-12,14,22H,4,13H2,1-3H3,(H,21,25)(H,23,24). The summed E-state index contributed by atoms with van der Waals surface area (Å²) in [7, 11) is 0. The Morgan fingerprint density at radius 3 is 2.58 bits per heavy atom. The fraction of sp³-hybridized carbons (Fsp3) is 0.300. The highest BCUT2D eigenvalue weighted by Crippen LogP contribution is 2.24. The van der Waals surface area contributed by atoms with E-state index in [1.54, 1.807) is 24.3 Å². The summed E-state index contributed by atoms with van der Waals surface area (Å²) < 4.78 is 5.69. The van der Waals surface area contributed by atoms with E-state index in [4.69, 9.17) is 4.74 Å². The first kappa shape index (κ1) is 19.3. The first-order chi connectivity index (χ1) is 12.5. The molecule has 0 aliphatic rings. The molecule has 0 fully saturated rings. The van der Waals surface area contributed by atoms with Crippen LogP contribution in [0, 0.1) is 0 Å². The highest BCUT2D eigenvalue weighted by Gasteiger charge is 2.09. The molecule has 0 saturated heterocycles. The van der Waals surface area contributed by atoms with Gasteiger partial charge in [0, 0.05) is 17.8 Å². The Bertz CT molecular complexity index is 759. The van der Waals surface area contributed by atoms with Crippen LogP contribution in [0.15, 0.2) is 48.5 Å². The second-order valence-electron chi connectivity index (χ2n) is 6.00. The van der Waals surface area contributed by atoms with Gasteiger partial charge in [-0.2, -0.15) is 0 Å². The molecule has 0 aromatic heterocycles. The largest absolute Gasteiger partial charge is 0.489 e. The zero-order valence-corrected chi connectivity index (χ0v) is 15.3. The predicted octanol–water partition coefficient (Wildman–Crippen LogP) is 3.27. The topological polar surface area (TPSA) is 79.5 Å². The van der Waals surface area contributed by atoms with Crippen LogP contribution in [-0.2, 0) is 4.79 Å². The monoisotopic (exact) mass is 355 g/mol. The van der Waals surface area contributed by atoms with Crippen molar-refractivity contribution in [2.45, 2.75) is 26.9 Å². The van der Waals surface area contributed by atoms with Gasteiger partial charge in [0.15, 0.2) is 0 Å². The zero-order chi connectivity index (χ0) is 18.9. The van der Waals surface area contributed by atoms with Gasteiger partial charge < -0.3 is 20.7 Å². The van der Waals surface area contributed by atoms with Crippen molar-refractivity contribution in [1.29, 1.82) is 0 Å². The highest BCUT2D eigenvalue weighted by atomic mass is 16.5. The van der Waals surface area contributed by atoms with Crippen molar-refractivity contribution < 1.29 is 14.3 Å². The normalized spacial score (nSPS) is 10.3. The predicted molar refractivity (Wildman–Crippen MR) is 104 cm³/mol. The average Bonchev–Trinajstić information content (AvgIpc) is 2.62. The van der Waals surface area contributed by atoms with Gasteiger partial charge in [-0.05, 0) is 51.1 Å². The lowest BCUT2D eigenvalue weighted by Crippen LogP contribution is -2.24. The molecule has 0 radical (unpaired) electrons.